The standard InChI is InChI=1S/C12H21N3O2/c1-4-14-10-5-11(7-13-6-10)15-8-12(17-3)9-16-2/h5-7,12,14-15H,4,8-9H2,1-3H3. The van der Waals surface area contributed by atoms with Crippen molar-refractivity contribution in [2.45, 2.75) is 13.0 Å². The van der Waals surface area contributed by atoms with E-state index in [1.165, 1.54) is 0 Å². The van der Waals surface area contributed by atoms with Crippen LogP contribution in [0.1, 0.15) is 6.92 Å². The van der Waals surface area contributed by atoms with Gasteiger partial charge in [0.1, 0.15) is 0 Å². The van der Waals surface area contributed by atoms with E-state index in [-0.39, 0.29) is 6.10 Å². The van der Waals surface area contributed by atoms with Gasteiger partial charge in [0, 0.05) is 27.3 Å². The van der Waals surface area contributed by atoms with Crippen molar-refractivity contribution in [3.05, 3.63) is 18.5 Å². The van der Waals surface area contributed by atoms with Gasteiger partial charge in [0.05, 0.1) is 36.5 Å². The summed E-state index contributed by atoms with van der Waals surface area (Å²) in [6.07, 6.45) is 3.64. The molecule has 0 amide bonds. The third kappa shape index (κ3) is 5.01. The lowest BCUT2D eigenvalue weighted by Gasteiger charge is -2.16. The number of anilines is 2. The second-order valence-electron chi connectivity index (χ2n) is 3.69. The largest absolute Gasteiger partial charge is 0.384 e. The summed E-state index contributed by atoms with van der Waals surface area (Å²) in [5, 5.41) is 6.49. The van der Waals surface area contributed by atoms with Gasteiger partial charge in [-0.2, -0.15) is 0 Å². The summed E-state index contributed by atoms with van der Waals surface area (Å²) >= 11 is 0. The zero-order valence-corrected chi connectivity index (χ0v) is 10.7. The Morgan fingerprint density at radius 3 is 2.53 bits per heavy atom. The van der Waals surface area contributed by atoms with Crippen LogP contribution in [0.5, 0.6) is 0 Å². The van der Waals surface area contributed by atoms with Crippen LogP contribution in [0, 0.1) is 0 Å². The summed E-state index contributed by atoms with van der Waals surface area (Å²) in [5.74, 6) is 0. The van der Waals surface area contributed by atoms with Crippen LogP contribution < -0.4 is 10.6 Å². The molecule has 17 heavy (non-hydrogen) atoms. The predicted molar refractivity (Wildman–Crippen MR) is 69.6 cm³/mol. The first-order valence-electron chi connectivity index (χ1n) is 5.74. The molecule has 1 rings (SSSR count). The zero-order valence-electron chi connectivity index (χ0n) is 10.7. The van der Waals surface area contributed by atoms with E-state index in [0.717, 1.165) is 17.9 Å². The molecule has 1 aromatic rings. The predicted octanol–water partition coefficient (Wildman–Crippen LogP) is 1.59. The Morgan fingerprint density at radius 1 is 1.24 bits per heavy atom. The number of ether oxygens (including phenoxy) is 2. The van der Waals surface area contributed by atoms with Gasteiger partial charge in [-0.05, 0) is 13.0 Å². The Kier molecular flexibility index (Phi) is 6.35. The highest BCUT2D eigenvalue weighted by Gasteiger charge is 2.06. The molecule has 0 aromatic carbocycles. The first-order chi connectivity index (χ1) is 8.30. The van der Waals surface area contributed by atoms with Gasteiger partial charge in [-0.15, -0.1) is 0 Å². The Bertz CT molecular complexity index is 320. The van der Waals surface area contributed by atoms with Crippen molar-refractivity contribution in [2.24, 2.45) is 0 Å². The molecule has 0 saturated heterocycles. The molecular weight excluding hydrogens is 218 g/mol. The van der Waals surface area contributed by atoms with Crippen LogP contribution in [0.15, 0.2) is 18.5 Å². The monoisotopic (exact) mass is 239 g/mol. The minimum Gasteiger partial charge on any atom is -0.384 e. The molecule has 0 bridgehead atoms. The highest BCUT2D eigenvalue weighted by atomic mass is 16.5. The Hall–Kier alpha value is -1.33. The molecule has 1 heterocycles. The number of methoxy groups -OCH3 is 2. The van der Waals surface area contributed by atoms with E-state index in [1.54, 1.807) is 26.6 Å². The molecule has 5 nitrogen and oxygen atoms in total. The second kappa shape index (κ2) is 7.86. The lowest BCUT2D eigenvalue weighted by atomic mass is 10.3. The van der Waals surface area contributed by atoms with E-state index in [0.29, 0.717) is 13.2 Å². The third-order valence-electron chi connectivity index (χ3n) is 2.34. The van der Waals surface area contributed by atoms with Gasteiger partial charge in [0.25, 0.3) is 0 Å². The zero-order chi connectivity index (χ0) is 12.5. The maximum absolute atomic E-state index is 5.27. The number of nitrogens with zero attached hydrogens (tertiary/aromatic N) is 1. The summed E-state index contributed by atoms with van der Waals surface area (Å²) in [6, 6.07) is 2.02. The van der Waals surface area contributed by atoms with Gasteiger partial charge in [0.15, 0.2) is 0 Å². The Morgan fingerprint density at radius 2 is 1.94 bits per heavy atom. The molecule has 96 valence electrons. The van der Waals surface area contributed by atoms with E-state index in [2.05, 4.69) is 22.5 Å². The summed E-state index contributed by atoms with van der Waals surface area (Å²) in [4.78, 5) is 4.16. The summed E-state index contributed by atoms with van der Waals surface area (Å²) in [5.41, 5.74) is 1.99. The molecule has 5 heteroatoms. The highest BCUT2D eigenvalue weighted by Crippen LogP contribution is 2.12. The topological polar surface area (TPSA) is 55.4 Å². The van der Waals surface area contributed by atoms with Crippen molar-refractivity contribution in [3.63, 3.8) is 0 Å². The Labute approximate surface area is 103 Å². The molecular formula is C12H21N3O2. The fourth-order valence-corrected chi connectivity index (χ4v) is 1.47. The average molecular weight is 239 g/mol. The van der Waals surface area contributed by atoms with Gasteiger partial charge in [-0.1, -0.05) is 0 Å². The van der Waals surface area contributed by atoms with Crippen molar-refractivity contribution in [2.75, 3.05) is 44.5 Å². The lowest BCUT2D eigenvalue weighted by molar-refractivity contribution is 0.0365. The molecule has 1 unspecified atom stereocenters. The quantitative estimate of drug-likeness (QED) is 0.721. The van der Waals surface area contributed by atoms with Crippen LogP contribution in [0.4, 0.5) is 11.4 Å². The second-order valence-corrected chi connectivity index (χ2v) is 3.69. The van der Waals surface area contributed by atoms with Crippen LogP contribution in [0.2, 0.25) is 0 Å². The molecule has 1 aromatic heterocycles. The number of aromatic nitrogens is 1. The average Bonchev–Trinajstić information content (AvgIpc) is 2.35. The van der Waals surface area contributed by atoms with Crippen LogP contribution in [-0.2, 0) is 9.47 Å². The Balaban J connectivity index is 2.47. The van der Waals surface area contributed by atoms with Gasteiger partial charge in [-0.25, -0.2) is 0 Å². The van der Waals surface area contributed by atoms with Crippen molar-refractivity contribution >= 4 is 11.4 Å². The van der Waals surface area contributed by atoms with Crippen molar-refractivity contribution in [1.82, 2.24) is 4.98 Å². The van der Waals surface area contributed by atoms with Crippen LogP contribution in [0.25, 0.3) is 0 Å². The number of hydrogen-bond donors (Lipinski definition) is 2. The molecule has 2 N–H and O–H groups in total. The van der Waals surface area contributed by atoms with Crippen molar-refractivity contribution < 1.29 is 9.47 Å². The summed E-state index contributed by atoms with van der Waals surface area (Å²) < 4.78 is 10.3. The minimum atomic E-state index is 0.0443. The fourth-order valence-electron chi connectivity index (χ4n) is 1.47. The highest BCUT2D eigenvalue weighted by molar-refractivity contribution is 5.53. The van der Waals surface area contributed by atoms with E-state index in [4.69, 9.17) is 9.47 Å². The van der Waals surface area contributed by atoms with Crippen LogP contribution in [-0.4, -0.2) is 45.0 Å². The van der Waals surface area contributed by atoms with Crippen molar-refractivity contribution in [3.8, 4) is 0 Å². The minimum absolute atomic E-state index is 0.0443. The first kappa shape index (κ1) is 13.7. The molecule has 0 saturated carbocycles. The summed E-state index contributed by atoms with van der Waals surface area (Å²) in [6.45, 7) is 4.21. The van der Waals surface area contributed by atoms with E-state index in [9.17, 15) is 0 Å². The SMILES string of the molecule is CCNc1cncc(NCC(COC)OC)c1. The molecule has 1 atom stereocenters. The molecule has 0 fully saturated rings. The maximum Gasteiger partial charge on any atom is 0.0976 e. The molecule has 0 spiro atoms. The number of pyridine rings is 1. The molecule has 0 aliphatic rings. The fraction of sp³-hybridized carbons (Fsp3) is 0.583. The van der Waals surface area contributed by atoms with Crippen molar-refractivity contribution in [1.29, 1.82) is 0 Å². The molecule has 0 aliphatic carbocycles. The molecule has 0 radical (unpaired) electrons. The van der Waals surface area contributed by atoms with Gasteiger partial charge < -0.3 is 20.1 Å². The van der Waals surface area contributed by atoms with E-state index in [1.807, 2.05) is 6.07 Å². The maximum atomic E-state index is 5.27. The van der Waals surface area contributed by atoms with E-state index < -0.39 is 0 Å². The van der Waals surface area contributed by atoms with E-state index >= 15 is 0 Å². The normalized spacial score (nSPS) is 12.2. The number of rotatable bonds is 8. The van der Waals surface area contributed by atoms with Gasteiger partial charge >= 0.3 is 0 Å². The summed E-state index contributed by atoms with van der Waals surface area (Å²) in [7, 11) is 3.35. The smallest absolute Gasteiger partial charge is 0.0976 e. The van der Waals surface area contributed by atoms with Gasteiger partial charge in [-0.3, -0.25) is 4.98 Å². The number of nitrogens with one attached hydrogen (secondary N) is 2. The third-order valence-corrected chi connectivity index (χ3v) is 2.34. The van der Waals surface area contributed by atoms with Gasteiger partial charge in [0.2, 0.25) is 0 Å². The molecule has 0 aliphatic heterocycles. The first-order valence-corrected chi connectivity index (χ1v) is 5.74. The van der Waals surface area contributed by atoms with Crippen LogP contribution >= 0.6 is 0 Å². The van der Waals surface area contributed by atoms with Crippen LogP contribution in [0.3, 0.4) is 0 Å². The lowest BCUT2D eigenvalue weighted by Crippen LogP contribution is -2.26. The number of hydrogen-bond acceptors (Lipinski definition) is 5.